The molecule has 110 valence electrons. The number of anilines is 1. The van der Waals surface area contributed by atoms with Gasteiger partial charge in [-0.3, -0.25) is 14.9 Å². The molecule has 1 aromatic carbocycles. The molecule has 0 unspecified atom stereocenters. The van der Waals surface area contributed by atoms with Crippen molar-refractivity contribution in [2.45, 2.75) is 6.92 Å². The summed E-state index contributed by atoms with van der Waals surface area (Å²) >= 11 is 0. The van der Waals surface area contributed by atoms with Gasteiger partial charge in [0.1, 0.15) is 23.2 Å². The molecule has 2 aromatic rings. The molecule has 7 heteroatoms. The fraction of sp³-hybridized carbons (Fsp3) is 0.0667. The number of nitrogens with one attached hydrogen (secondary N) is 1. The monoisotopic (exact) mass is 297 g/mol. The Morgan fingerprint density at radius 3 is 2.50 bits per heavy atom. The third-order valence-corrected chi connectivity index (χ3v) is 2.75. The van der Waals surface area contributed by atoms with Gasteiger partial charge in [0, 0.05) is 23.9 Å². The highest BCUT2D eigenvalue weighted by molar-refractivity contribution is 6.09. The van der Waals surface area contributed by atoms with Gasteiger partial charge in [-0.25, -0.2) is 0 Å². The Labute approximate surface area is 125 Å². The minimum atomic E-state index is -0.620. The molecule has 0 bridgehead atoms. The topological polar surface area (TPSA) is 109 Å². The lowest BCUT2D eigenvalue weighted by Gasteiger charge is -2.03. The van der Waals surface area contributed by atoms with Crippen LogP contribution in [-0.2, 0) is 4.79 Å². The van der Waals surface area contributed by atoms with Crippen molar-refractivity contribution in [3.8, 4) is 6.07 Å². The van der Waals surface area contributed by atoms with Crippen LogP contribution < -0.4 is 5.32 Å². The highest BCUT2D eigenvalue weighted by Crippen LogP contribution is 2.17. The molecule has 0 aliphatic heterocycles. The van der Waals surface area contributed by atoms with E-state index < -0.39 is 10.8 Å². The van der Waals surface area contributed by atoms with Crippen LogP contribution in [-0.4, -0.2) is 10.8 Å². The maximum absolute atomic E-state index is 12.0. The molecule has 22 heavy (non-hydrogen) atoms. The van der Waals surface area contributed by atoms with E-state index in [1.54, 1.807) is 25.1 Å². The van der Waals surface area contributed by atoms with E-state index in [9.17, 15) is 14.9 Å². The average molecular weight is 297 g/mol. The second kappa shape index (κ2) is 6.37. The summed E-state index contributed by atoms with van der Waals surface area (Å²) in [5.74, 6) is 0.442. The number of furan rings is 1. The molecule has 0 aliphatic rings. The number of non-ortho nitro benzene ring substituents is 1. The number of hydrogen-bond acceptors (Lipinski definition) is 5. The van der Waals surface area contributed by atoms with Crippen molar-refractivity contribution < 1.29 is 14.1 Å². The molecule has 0 spiro atoms. The number of nitro benzene ring substituents is 1. The lowest BCUT2D eigenvalue weighted by atomic mass is 10.2. The zero-order valence-corrected chi connectivity index (χ0v) is 11.6. The lowest BCUT2D eigenvalue weighted by Crippen LogP contribution is -2.13. The number of nitrogens with zero attached hydrogens (tertiary/aromatic N) is 2. The first kappa shape index (κ1) is 15.0. The lowest BCUT2D eigenvalue weighted by molar-refractivity contribution is -0.384. The molecular formula is C15H11N3O4. The SMILES string of the molecule is Cc1ccc(/C=C(/C#N)C(=O)Nc2ccc([N+](=O)[O-])cc2)o1. The van der Waals surface area contributed by atoms with E-state index in [2.05, 4.69) is 5.32 Å². The van der Waals surface area contributed by atoms with Crippen molar-refractivity contribution in [1.82, 2.24) is 0 Å². The minimum absolute atomic E-state index is 0.0832. The predicted molar refractivity (Wildman–Crippen MR) is 78.8 cm³/mol. The first-order chi connectivity index (χ1) is 10.5. The Balaban J connectivity index is 2.14. The van der Waals surface area contributed by atoms with Crippen LogP contribution in [0.25, 0.3) is 6.08 Å². The summed E-state index contributed by atoms with van der Waals surface area (Å²) in [6.45, 7) is 1.75. The number of benzene rings is 1. The first-order valence-electron chi connectivity index (χ1n) is 6.23. The summed E-state index contributed by atoms with van der Waals surface area (Å²) in [7, 11) is 0. The first-order valence-corrected chi connectivity index (χ1v) is 6.23. The molecule has 0 fully saturated rings. The minimum Gasteiger partial charge on any atom is -0.462 e. The van der Waals surface area contributed by atoms with E-state index in [1.165, 1.54) is 30.3 Å². The normalized spacial score (nSPS) is 10.8. The highest BCUT2D eigenvalue weighted by Gasteiger charge is 2.11. The fourth-order valence-corrected chi connectivity index (χ4v) is 1.69. The third kappa shape index (κ3) is 3.58. The van der Waals surface area contributed by atoms with Crippen LogP contribution >= 0.6 is 0 Å². The van der Waals surface area contributed by atoms with Gasteiger partial charge in [0.05, 0.1) is 4.92 Å². The number of amides is 1. The van der Waals surface area contributed by atoms with Gasteiger partial charge in [0.2, 0.25) is 0 Å². The molecule has 0 atom stereocenters. The standard InChI is InChI=1S/C15H11N3O4/c1-10-2-7-14(22-10)8-11(9-16)15(19)17-12-3-5-13(6-4-12)18(20)21/h2-8H,1H3,(H,17,19)/b11-8-. The molecule has 1 heterocycles. The molecule has 2 rings (SSSR count). The van der Waals surface area contributed by atoms with Gasteiger partial charge in [-0.2, -0.15) is 5.26 Å². The van der Waals surface area contributed by atoms with Gasteiger partial charge < -0.3 is 9.73 Å². The van der Waals surface area contributed by atoms with Gasteiger partial charge in [-0.05, 0) is 31.2 Å². The van der Waals surface area contributed by atoms with Crippen molar-refractivity contribution >= 4 is 23.4 Å². The summed E-state index contributed by atoms with van der Waals surface area (Å²) < 4.78 is 5.28. The predicted octanol–water partition coefficient (Wildman–Crippen LogP) is 3.04. The molecule has 0 radical (unpaired) electrons. The second-order valence-corrected chi connectivity index (χ2v) is 4.38. The van der Waals surface area contributed by atoms with E-state index in [0.717, 1.165) is 0 Å². The summed E-state index contributed by atoms with van der Waals surface area (Å²) in [5.41, 5.74) is 0.139. The molecule has 0 aliphatic carbocycles. The van der Waals surface area contributed by atoms with Gasteiger partial charge >= 0.3 is 0 Å². The Kier molecular flexibility index (Phi) is 4.34. The number of nitro groups is 1. The van der Waals surface area contributed by atoms with Crippen LogP contribution in [0.5, 0.6) is 0 Å². The van der Waals surface area contributed by atoms with Gasteiger partial charge in [-0.15, -0.1) is 0 Å². The Hall–Kier alpha value is -3.40. The quantitative estimate of drug-likeness (QED) is 0.403. The molecule has 1 amide bonds. The van der Waals surface area contributed by atoms with Crippen molar-refractivity contribution in [2.75, 3.05) is 5.32 Å². The number of carbonyl (C=O) groups excluding carboxylic acids is 1. The van der Waals surface area contributed by atoms with Crippen LogP contribution in [0, 0.1) is 28.4 Å². The second-order valence-electron chi connectivity index (χ2n) is 4.38. The zero-order chi connectivity index (χ0) is 16.1. The van der Waals surface area contributed by atoms with Gasteiger partial charge in [0.15, 0.2) is 0 Å². The number of hydrogen-bond donors (Lipinski definition) is 1. The third-order valence-electron chi connectivity index (χ3n) is 2.75. The van der Waals surface area contributed by atoms with E-state index in [0.29, 0.717) is 17.2 Å². The van der Waals surface area contributed by atoms with E-state index >= 15 is 0 Å². The summed E-state index contributed by atoms with van der Waals surface area (Å²) in [6.07, 6.45) is 1.33. The summed E-state index contributed by atoms with van der Waals surface area (Å²) in [4.78, 5) is 22.0. The maximum Gasteiger partial charge on any atom is 0.269 e. The largest absolute Gasteiger partial charge is 0.462 e. The summed E-state index contributed by atoms with van der Waals surface area (Å²) in [6, 6.07) is 10.5. The van der Waals surface area contributed by atoms with Gasteiger partial charge in [0.25, 0.3) is 11.6 Å². The molecule has 0 saturated heterocycles. The fourth-order valence-electron chi connectivity index (χ4n) is 1.69. The van der Waals surface area contributed by atoms with Crippen molar-refractivity contribution in [1.29, 1.82) is 5.26 Å². The Morgan fingerprint density at radius 2 is 2.00 bits per heavy atom. The van der Waals surface area contributed by atoms with Crippen LogP contribution in [0.3, 0.4) is 0 Å². The number of aryl methyl sites for hydroxylation is 1. The Morgan fingerprint density at radius 1 is 1.32 bits per heavy atom. The van der Waals surface area contributed by atoms with Crippen molar-refractivity contribution in [2.24, 2.45) is 0 Å². The van der Waals surface area contributed by atoms with E-state index in [4.69, 9.17) is 9.68 Å². The zero-order valence-electron chi connectivity index (χ0n) is 11.6. The van der Waals surface area contributed by atoms with Gasteiger partial charge in [-0.1, -0.05) is 0 Å². The van der Waals surface area contributed by atoms with E-state index in [1.807, 2.05) is 0 Å². The van der Waals surface area contributed by atoms with E-state index in [-0.39, 0.29) is 11.3 Å². The molecule has 1 N–H and O–H groups in total. The molecular weight excluding hydrogens is 286 g/mol. The van der Waals surface area contributed by atoms with Crippen LogP contribution in [0.2, 0.25) is 0 Å². The van der Waals surface area contributed by atoms with Crippen LogP contribution in [0.4, 0.5) is 11.4 Å². The smallest absolute Gasteiger partial charge is 0.269 e. The number of carbonyl (C=O) groups is 1. The molecule has 0 saturated carbocycles. The molecule has 7 nitrogen and oxygen atoms in total. The highest BCUT2D eigenvalue weighted by atomic mass is 16.6. The maximum atomic E-state index is 12.0. The summed E-state index contributed by atoms with van der Waals surface area (Å²) in [5, 5.41) is 22.1. The average Bonchev–Trinajstić information content (AvgIpc) is 2.90. The number of nitriles is 1. The Bertz CT molecular complexity index is 782. The molecule has 1 aromatic heterocycles. The van der Waals surface area contributed by atoms with Crippen molar-refractivity contribution in [3.63, 3.8) is 0 Å². The number of rotatable bonds is 4. The van der Waals surface area contributed by atoms with Crippen molar-refractivity contribution in [3.05, 3.63) is 63.6 Å². The van der Waals surface area contributed by atoms with Crippen LogP contribution in [0.15, 0.2) is 46.4 Å². The van der Waals surface area contributed by atoms with Crippen LogP contribution in [0.1, 0.15) is 11.5 Å².